The van der Waals surface area contributed by atoms with Gasteiger partial charge in [0.25, 0.3) is 0 Å². The topological polar surface area (TPSA) is 95.5 Å². The Balaban J connectivity index is 1.99. The third kappa shape index (κ3) is 3.28. The van der Waals surface area contributed by atoms with Crippen LogP contribution in [0.3, 0.4) is 0 Å². The highest BCUT2D eigenvalue weighted by molar-refractivity contribution is 5.99. The van der Waals surface area contributed by atoms with Crippen LogP contribution in [0.5, 0.6) is 0 Å². The van der Waals surface area contributed by atoms with Gasteiger partial charge in [-0.2, -0.15) is 0 Å². The van der Waals surface area contributed by atoms with Gasteiger partial charge in [-0.3, -0.25) is 13.9 Å². The van der Waals surface area contributed by atoms with E-state index in [1.165, 1.54) is 11.7 Å². The Bertz CT molecular complexity index is 1440. The summed E-state index contributed by atoms with van der Waals surface area (Å²) in [5.41, 5.74) is 5.16. The molecule has 2 aromatic heterocycles. The van der Waals surface area contributed by atoms with Gasteiger partial charge in [0, 0.05) is 30.2 Å². The first-order valence-electron chi connectivity index (χ1n) is 10.3. The highest BCUT2D eigenvalue weighted by Gasteiger charge is 2.22. The van der Waals surface area contributed by atoms with E-state index in [1.54, 1.807) is 16.7 Å². The van der Waals surface area contributed by atoms with E-state index in [9.17, 15) is 14.4 Å². The Morgan fingerprint density at radius 2 is 1.69 bits per heavy atom. The van der Waals surface area contributed by atoms with Gasteiger partial charge >= 0.3 is 17.6 Å². The summed E-state index contributed by atoms with van der Waals surface area (Å²) in [5.74, 6) is -1.44. The molecule has 0 aliphatic carbocycles. The number of aromatic nitrogens is 3. The average molecular weight is 435 g/mol. The number of rotatable bonds is 6. The van der Waals surface area contributed by atoms with Crippen LogP contribution in [-0.2, 0) is 29.7 Å². The first-order chi connectivity index (χ1) is 15.3. The average Bonchev–Trinajstić information content (AvgIpc) is 3.17. The van der Waals surface area contributed by atoms with E-state index >= 15 is 0 Å². The molecule has 32 heavy (non-hydrogen) atoms. The number of carbonyl (C=O) groups excluding carboxylic acids is 1. The largest absolute Gasteiger partial charge is 0.481 e. The molecule has 0 atom stereocenters. The fourth-order valence-corrected chi connectivity index (χ4v) is 4.40. The summed E-state index contributed by atoms with van der Waals surface area (Å²) < 4.78 is 10.1. The lowest BCUT2D eigenvalue weighted by Crippen LogP contribution is -2.26. The summed E-state index contributed by atoms with van der Waals surface area (Å²) in [5, 5.41) is 10.1. The molecule has 4 rings (SSSR count). The minimum Gasteiger partial charge on any atom is -0.481 e. The Kier molecular flexibility index (Phi) is 5.38. The zero-order chi connectivity index (χ0) is 23.2. The smallest absolute Gasteiger partial charge is 0.338 e. The molecule has 8 nitrogen and oxygen atoms in total. The van der Waals surface area contributed by atoms with Crippen LogP contribution in [0.2, 0.25) is 0 Å². The number of para-hydroxylation sites is 2. The quantitative estimate of drug-likeness (QED) is 0.469. The van der Waals surface area contributed by atoms with Crippen LogP contribution in [0.25, 0.3) is 21.9 Å². The second-order valence-corrected chi connectivity index (χ2v) is 7.90. The van der Waals surface area contributed by atoms with Crippen LogP contribution in [0, 0.1) is 13.8 Å². The molecule has 2 heterocycles. The molecule has 166 valence electrons. The molecular weight excluding hydrogens is 410 g/mol. The lowest BCUT2D eigenvalue weighted by molar-refractivity contribution is -0.137. The molecule has 1 N–H and O–H groups in total. The number of methoxy groups -OCH3 is 1. The minimum absolute atomic E-state index is 0.0676. The standard InChI is InChI=1S/C24H25N3O5/c1-14-15(2)25(3)22-16(14)9-10-17(23(30)32-4)18(22)13-27-20-8-6-5-7-19(20)26(24(27)31)12-11-21(28)29/h5-10H,11-13H2,1-4H3,(H,28,29). The second kappa shape index (κ2) is 8.03. The molecule has 0 unspecified atom stereocenters. The fourth-order valence-electron chi connectivity index (χ4n) is 4.40. The molecule has 4 aromatic rings. The normalized spacial score (nSPS) is 11.4. The van der Waals surface area contributed by atoms with E-state index in [0.717, 1.165) is 22.2 Å². The minimum atomic E-state index is -0.971. The number of aryl methyl sites for hydroxylation is 3. The van der Waals surface area contributed by atoms with Gasteiger partial charge in [0.1, 0.15) is 0 Å². The fraction of sp³-hybridized carbons (Fsp3) is 0.292. The number of benzene rings is 2. The first-order valence-corrected chi connectivity index (χ1v) is 10.3. The monoisotopic (exact) mass is 435 g/mol. The van der Waals surface area contributed by atoms with Crippen LogP contribution in [0.15, 0.2) is 41.2 Å². The maximum Gasteiger partial charge on any atom is 0.338 e. The van der Waals surface area contributed by atoms with Crippen molar-refractivity contribution >= 4 is 33.9 Å². The molecule has 0 bridgehead atoms. The van der Waals surface area contributed by atoms with E-state index in [1.807, 2.05) is 49.7 Å². The Morgan fingerprint density at radius 3 is 2.31 bits per heavy atom. The molecule has 0 saturated carbocycles. The lowest BCUT2D eigenvalue weighted by atomic mass is 10.0. The predicted octanol–water partition coefficient (Wildman–Crippen LogP) is 3.22. The Hall–Kier alpha value is -3.81. The van der Waals surface area contributed by atoms with Crippen LogP contribution in [-0.4, -0.2) is 37.9 Å². The molecular formula is C24H25N3O5. The van der Waals surface area contributed by atoms with Crippen molar-refractivity contribution in [3.8, 4) is 0 Å². The number of esters is 1. The predicted molar refractivity (Wildman–Crippen MR) is 121 cm³/mol. The van der Waals surface area contributed by atoms with Crippen LogP contribution in [0.1, 0.15) is 33.6 Å². The van der Waals surface area contributed by atoms with Gasteiger partial charge in [-0.15, -0.1) is 0 Å². The van der Waals surface area contributed by atoms with Gasteiger partial charge in [0.15, 0.2) is 0 Å². The molecule has 0 radical (unpaired) electrons. The molecule has 0 spiro atoms. The Morgan fingerprint density at radius 1 is 1.03 bits per heavy atom. The number of imidazole rings is 1. The van der Waals surface area contributed by atoms with Crippen molar-refractivity contribution in [3.05, 3.63) is 69.3 Å². The molecule has 0 aliphatic rings. The number of hydrogen-bond acceptors (Lipinski definition) is 4. The van der Waals surface area contributed by atoms with Gasteiger partial charge in [-0.25, -0.2) is 9.59 Å². The highest BCUT2D eigenvalue weighted by Crippen LogP contribution is 2.31. The number of carboxylic acid groups (broad SMARTS) is 1. The van der Waals surface area contributed by atoms with E-state index in [0.29, 0.717) is 22.2 Å². The number of ether oxygens (including phenoxy) is 1. The van der Waals surface area contributed by atoms with Gasteiger partial charge in [0.2, 0.25) is 0 Å². The van der Waals surface area contributed by atoms with E-state index in [-0.39, 0.29) is 25.2 Å². The number of carbonyl (C=O) groups is 2. The number of hydrogen-bond donors (Lipinski definition) is 1. The zero-order valence-corrected chi connectivity index (χ0v) is 18.5. The molecule has 8 heteroatoms. The first kappa shape index (κ1) is 21.4. The third-order valence-corrected chi connectivity index (χ3v) is 6.26. The van der Waals surface area contributed by atoms with Gasteiger partial charge < -0.3 is 14.4 Å². The van der Waals surface area contributed by atoms with Gasteiger partial charge in [-0.1, -0.05) is 18.2 Å². The second-order valence-electron chi connectivity index (χ2n) is 7.90. The highest BCUT2D eigenvalue weighted by atomic mass is 16.5. The molecule has 0 amide bonds. The summed E-state index contributed by atoms with van der Waals surface area (Å²) in [6.45, 7) is 4.26. The van der Waals surface area contributed by atoms with Crippen molar-refractivity contribution in [2.75, 3.05) is 7.11 Å². The molecule has 0 aliphatic heterocycles. The van der Waals surface area contributed by atoms with E-state index in [2.05, 4.69) is 0 Å². The molecule has 0 saturated heterocycles. The maximum absolute atomic E-state index is 13.4. The van der Waals surface area contributed by atoms with E-state index in [4.69, 9.17) is 9.84 Å². The Labute approximate surface area is 184 Å². The van der Waals surface area contributed by atoms with Crippen molar-refractivity contribution in [2.24, 2.45) is 7.05 Å². The molecule has 0 fully saturated rings. The summed E-state index contributed by atoms with van der Waals surface area (Å²) in [6, 6.07) is 10.9. The van der Waals surface area contributed by atoms with Gasteiger partial charge in [0.05, 0.1) is 42.2 Å². The third-order valence-electron chi connectivity index (χ3n) is 6.26. The van der Waals surface area contributed by atoms with Crippen molar-refractivity contribution < 1.29 is 19.4 Å². The van der Waals surface area contributed by atoms with E-state index < -0.39 is 11.9 Å². The van der Waals surface area contributed by atoms with Crippen LogP contribution in [0.4, 0.5) is 0 Å². The van der Waals surface area contributed by atoms with Gasteiger partial charge in [-0.05, 0) is 37.6 Å². The summed E-state index contributed by atoms with van der Waals surface area (Å²) in [7, 11) is 3.27. The van der Waals surface area contributed by atoms with Crippen molar-refractivity contribution in [3.63, 3.8) is 0 Å². The maximum atomic E-state index is 13.4. The SMILES string of the molecule is COC(=O)c1ccc2c(C)c(C)n(C)c2c1Cn1c(=O)n(CCC(=O)O)c2ccccc21. The summed E-state index contributed by atoms with van der Waals surface area (Å²) in [6.07, 6.45) is -0.160. The summed E-state index contributed by atoms with van der Waals surface area (Å²) in [4.78, 5) is 37.1. The molecule has 2 aromatic carbocycles. The lowest BCUT2D eigenvalue weighted by Gasteiger charge is -2.13. The van der Waals surface area contributed by atoms with Crippen molar-refractivity contribution in [2.45, 2.75) is 33.4 Å². The zero-order valence-electron chi connectivity index (χ0n) is 18.5. The number of fused-ring (bicyclic) bond motifs is 2. The number of nitrogens with zero attached hydrogens (tertiary/aromatic N) is 3. The van der Waals surface area contributed by atoms with Crippen molar-refractivity contribution in [1.82, 2.24) is 13.7 Å². The number of carboxylic acids is 1. The van der Waals surface area contributed by atoms with Crippen LogP contribution >= 0.6 is 0 Å². The van der Waals surface area contributed by atoms with Crippen molar-refractivity contribution in [1.29, 1.82) is 0 Å². The number of aliphatic carboxylic acids is 1. The van der Waals surface area contributed by atoms with Crippen LogP contribution < -0.4 is 5.69 Å². The summed E-state index contributed by atoms with van der Waals surface area (Å²) >= 11 is 0.